The molecule has 0 bridgehead atoms. The van der Waals surface area contributed by atoms with Crippen molar-refractivity contribution < 1.29 is 9.63 Å². The lowest BCUT2D eigenvalue weighted by atomic mass is 10.0. The molecule has 3 nitrogen and oxygen atoms in total. The molecule has 86 valence electrons. The van der Waals surface area contributed by atoms with Crippen LogP contribution in [-0.2, 0) is 9.63 Å². The number of nitrogens with zero attached hydrogens (tertiary/aromatic N) is 1. The quantitative estimate of drug-likeness (QED) is 0.545. The van der Waals surface area contributed by atoms with Gasteiger partial charge < -0.3 is 9.63 Å². The standard InChI is InChI=1S/C13H17NO2/c1-3-16-14-13(10-9-11(2)15)12-7-5-4-6-8-12/h4-8H,3,9-10H2,1-2H3/b14-13+. The van der Waals surface area contributed by atoms with Gasteiger partial charge in [0.15, 0.2) is 0 Å². The second-order valence-electron chi connectivity index (χ2n) is 3.52. The summed E-state index contributed by atoms with van der Waals surface area (Å²) in [6, 6.07) is 9.79. The normalized spacial score (nSPS) is 11.2. The monoisotopic (exact) mass is 219 g/mol. The van der Waals surface area contributed by atoms with Crippen molar-refractivity contribution in [3.8, 4) is 0 Å². The summed E-state index contributed by atoms with van der Waals surface area (Å²) in [7, 11) is 0. The molecule has 3 heteroatoms. The first-order valence-electron chi connectivity index (χ1n) is 5.47. The van der Waals surface area contributed by atoms with Gasteiger partial charge in [-0.25, -0.2) is 0 Å². The zero-order valence-electron chi connectivity index (χ0n) is 9.77. The molecule has 0 spiro atoms. The molecule has 0 aliphatic heterocycles. The van der Waals surface area contributed by atoms with E-state index in [9.17, 15) is 4.79 Å². The Morgan fingerprint density at radius 1 is 1.25 bits per heavy atom. The second kappa shape index (κ2) is 6.77. The van der Waals surface area contributed by atoms with E-state index in [0.29, 0.717) is 19.4 Å². The highest BCUT2D eigenvalue weighted by Crippen LogP contribution is 2.07. The molecule has 1 aromatic carbocycles. The second-order valence-corrected chi connectivity index (χ2v) is 3.52. The van der Waals surface area contributed by atoms with E-state index in [0.717, 1.165) is 11.3 Å². The van der Waals surface area contributed by atoms with E-state index in [1.54, 1.807) is 6.92 Å². The fourth-order valence-electron chi connectivity index (χ4n) is 1.31. The van der Waals surface area contributed by atoms with Gasteiger partial charge in [0, 0.05) is 12.8 Å². The molecule has 0 aliphatic rings. The molecule has 0 unspecified atom stereocenters. The van der Waals surface area contributed by atoms with Crippen LogP contribution < -0.4 is 0 Å². The van der Waals surface area contributed by atoms with Crippen LogP contribution in [0.1, 0.15) is 32.3 Å². The molecular weight excluding hydrogens is 202 g/mol. The number of carbonyl (C=O) groups is 1. The van der Waals surface area contributed by atoms with Crippen molar-refractivity contribution in [1.82, 2.24) is 0 Å². The first-order chi connectivity index (χ1) is 7.74. The molecule has 0 fully saturated rings. The Morgan fingerprint density at radius 2 is 1.94 bits per heavy atom. The number of oxime groups is 1. The molecule has 0 amide bonds. The summed E-state index contributed by atoms with van der Waals surface area (Å²) in [6.45, 7) is 4.01. The van der Waals surface area contributed by atoms with Crippen molar-refractivity contribution in [2.75, 3.05) is 6.61 Å². The van der Waals surface area contributed by atoms with E-state index in [-0.39, 0.29) is 5.78 Å². The molecule has 0 saturated carbocycles. The van der Waals surface area contributed by atoms with Crippen LogP contribution >= 0.6 is 0 Å². The molecular formula is C13H17NO2. The van der Waals surface area contributed by atoms with Crippen molar-refractivity contribution in [2.45, 2.75) is 26.7 Å². The van der Waals surface area contributed by atoms with Crippen molar-refractivity contribution in [1.29, 1.82) is 0 Å². The maximum Gasteiger partial charge on any atom is 0.130 e. The first-order valence-corrected chi connectivity index (χ1v) is 5.47. The molecule has 1 rings (SSSR count). The van der Waals surface area contributed by atoms with Crippen molar-refractivity contribution in [3.05, 3.63) is 35.9 Å². The van der Waals surface area contributed by atoms with Gasteiger partial charge in [0.25, 0.3) is 0 Å². The predicted molar refractivity (Wildman–Crippen MR) is 64.5 cm³/mol. The highest BCUT2D eigenvalue weighted by Gasteiger charge is 2.05. The Morgan fingerprint density at radius 3 is 2.50 bits per heavy atom. The summed E-state index contributed by atoms with van der Waals surface area (Å²) in [5.74, 6) is 0.167. The van der Waals surface area contributed by atoms with Crippen LogP contribution in [0.3, 0.4) is 0 Å². The largest absolute Gasteiger partial charge is 0.396 e. The van der Waals surface area contributed by atoms with Crippen LogP contribution in [0.4, 0.5) is 0 Å². The van der Waals surface area contributed by atoms with E-state index >= 15 is 0 Å². The van der Waals surface area contributed by atoms with Crippen molar-refractivity contribution in [2.24, 2.45) is 5.16 Å². The smallest absolute Gasteiger partial charge is 0.130 e. The summed E-state index contributed by atoms with van der Waals surface area (Å²) in [5, 5.41) is 4.05. The van der Waals surface area contributed by atoms with Gasteiger partial charge in [0.1, 0.15) is 12.4 Å². The summed E-state index contributed by atoms with van der Waals surface area (Å²) < 4.78 is 0. The maximum atomic E-state index is 11.0. The van der Waals surface area contributed by atoms with Gasteiger partial charge in [0.05, 0.1) is 5.71 Å². The topological polar surface area (TPSA) is 38.7 Å². The van der Waals surface area contributed by atoms with Gasteiger partial charge in [-0.3, -0.25) is 0 Å². The maximum absolute atomic E-state index is 11.0. The summed E-state index contributed by atoms with van der Waals surface area (Å²) in [6.07, 6.45) is 1.13. The summed E-state index contributed by atoms with van der Waals surface area (Å²) >= 11 is 0. The fourth-order valence-corrected chi connectivity index (χ4v) is 1.31. The summed E-state index contributed by atoms with van der Waals surface area (Å²) in [5.41, 5.74) is 1.84. The number of benzene rings is 1. The third-order valence-electron chi connectivity index (χ3n) is 2.12. The van der Waals surface area contributed by atoms with Gasteiger partial charge in [-0.05, 0) is 19.4 Å². The molecule has 0 N–H and O–H groups in total. The van der Waals surface area contributed by atoms with Gasteiger partial charge in [-0.1, -0.05) is 35.5 Å². The van der Waals surface area contributed by atoms with Crippen molar-refractivity contribution >= 4 is 11.5 Å². The molecule has 0 aromatic heterocycles. The number of carbonyl (C=O) groups excluding carboxylic acids is 1. The number of hydrogen-bond donors (Lipinski definition) is 0. The Labute approximate surface area is 96.1 Å². The van der Waals surface area contributed by atoms with E-state index < -0.39 is 0 Å². The molecule has 16 heavy (non-hydrogen) atoms. The molecule has 0 saturated heterocycles. The fraction of sp³-hybridized carbons (Fsp3) is 0.385. The van der Waals surface area contributed by atoms with Gasteiger partial charge in [-0.15, -0.1) is 0 Å². The minimum Gasteiger partial charge on any atom is -0.396 e. The zero-order chi connectivity index (χ0) is 11.8. The third kappa shape index (κ3) is 4.26. The average Bonchev–Trinajstić information content (AvgIpc) is 2.30. The molecule has 0 heterocycles. The van der Waals surface area contributed by atoms with Crippen molar-refractivity contribution in [3.63, 3.8) is 0 Å². The minimum atomic E-state index is 0.167. The van der Waals surface area contributed by atoms with Crippen LogP contribution in [0.15, 0.2) is 35.5 Å². The summed E-state index contributed by atoms with van der Waals surface area (Å²) in [4.78, 5) is 16.0. The Hall–Kier alpha value is -1.64. The van der Waals surface area contributed by atoms with E-state index in [4.69, 9.17) is 4.84 Å². The van der Waals surface area contributed by atoms with Crippen LogP contribution in [0.25, 0.3) is 0 Å². The number of ketones is 1. The van der Waals surface area contributed by atoms with Crippen LogP contribution in [-0.4, -0.2) is 18.1 Å². The third-order valence-corrected chi connectivity index (χ3v) is 2.12. The lowest BCUT2D eigenvalue weighted by Crippen LogP contribution is -2.05. The Kier molecular flexibility index (Phi) is 5.26. The van der Waals surface area contributed by atoms with Crippen LogP contribution in [0.5, 0.6) is 0 Å². The van der Waals surface area contributed by atoms with E-state index in [2.05, 4.69) is 5.16 Å². The average molecular weight is 219 g/mol. The number of Topliss-reactive ketones (excluding diaryl/α,β-unsaturated/α-hetero) is 1. The number of hydrogen-bond acceptors (Lipinski definition) is 3. The Bertz CT molecular complexity index is 357. The zero-order valence-corrected chi connectivity index (χ0v) is 9.77. The highest BCUT2D eigenvalue weighted by molar-refractivity contribution is 6.01. The molecule has 0 radical (unpaired) electrons. The number of rotatable bonds is 6. The van der Waals surface area contributed by atoms with Gasteiger partial charge in [-0.2, -0.15) is 0 Å². The lowest BCUT2D eigenvalue weighted by molar-refractivity contribution is -0.116. The highest BCUT2D eigenvalue weighted by atomic mass is 16.6. The lowest BCUT2D eigenvalue weighted by Gasteiger charge is -2.05. The van der Waals surface area contributed by atoms with Crippen LogP contribution in [0, 0.1) is 0 Å². The Balaban J connectivity index is 2.75. The molecule has 0 atom stereocenters. The van der Waals surface area contributed by atoms with Gasteiger partial charge >= 0.3 is 0 Å². The predicted octanol–water partition coefficient (Wildman–Crippen LogP) is 2.80. The molecule has 0 aliphatic carbocycles. The van der Waals surface area contributed by atoms with Gasteiger partial charge in [0.2, 0.25) is 0 Å². The van der Waals surface area contributed by atoms with E-state index in [1.807, 2.05) is 37.3 Å². The van der Waals surface area contributed by atoms with E-state index in [1.165, 1.54) is 0 Å². The molecule has 1 aromatic rings. The first kappa shape index (κ1) is 12.4. The minimum absolute atomic E-state index is 0.167. The SMILES string of the molecule is CCO/N=C(\CCC(C)=O)c1ccccc1. The van der Waals surface area contributed by atoms with Crippen LogP contribution in [0.2, 0.25) is 0 Å².